The van der Waals surface area contributed by atoms with Crippen LogP contribution in [0.5, 0.6) is 0 Å². The molecule has 6 N–H and O–H groups in total. The summed E-state index contributed by atoms with van der Waals surface area (Å²) in [7, 11) is 0. The highest BCUT2D eigenvalue weighted by atomic mass is 19.4. The molecule has 1 rings (SSSR count). The summed E-state index contributed by atoms with van der Waals surface area (Å²) < 4.78 is 35.4. The first-order valence-corrected chi connectivity index (χ1v) is 4.29. The molecule has 0 spiro atoms. The van der Waals surface area contributed by atoms with Crippen LogP contribution in [0.2, 0.25) is 0 Å². The minimum absolute atomic E-state index is 0.0443. The smallest absolute Gasteiger partial charge is 0.384 e. The standard InChI is InChI=1S/C7H9F3N6O/c8-7(9,10)2-13-6(17)15-5-3(4(11)12)1-14-16-5/h1H,2H2,(H3,11,12)(H3,13,14,15,16,17). The monoisotopic (exact) mass is 250 g/mol. The molecule has 0 aliphatic heterocycles. The molecule has 0 bridgehead atoms. The summed E-state index contributed by atoms with van der Waals surface area (Å²) in [5.74, 6) is -0.415. The van der Waals surface area contributed by atoms with Gasteiger partial charge in [-0.05, 0) is 0 Å². The van der Waals surface area contributed by atoms with Gasteiger partial charge in [0.1, 0.15) is 18.2 Å². The molecule has 2 amide bonds. The maximum Gasteiger partial charge on any atom is 0.405 e. The summed E-state index contributed by atoms with van der Waals surface area (Å²) in [6.07, 6.45) is -3.32. The van der Waals surface area contributed by atoms with Gasteiger partial charge in [-0.15, -0.1) is 0 Å². The SMILES string of the molecule is N=C(N)c1cn[nH]c1NC(=O)NCC(F)(F)F. The van der Waals surface area contributed by atoms with Gasteiger partial charge in [-0.1, -0.05) is 0 Å². The van der Waals surface area contributed by atoms with Crippen LogP contribution in [0.4, 0.5) is 23.8 Å². The number of anilines is 1. The Balaban J connectivity index is 2.57. The number of rotatable bonds is 3. The van der Waals surface area contributed by atoms with E-state index in [4.69, 9.17) is 11.1 Å². The fourth-order valence-electron chi connectivity index (χ4n) is 0.924. The number of halogens is 3. The first-order valence-electron chi connectivity index (χ1n) is 4.29. The van der Waals surface area contributed by atoms with Crippen molar-refractivity contribution in [2.24, 2.45) is 5.73 Å². The lowest BCUT2D eigenvalue weighted by Gasteiger charge is -2.09. The predicted molar refractivity (Wildman–Crippen MR) is 52.7 cm³/mol. The highest BCUT2D eigenvalue weighted by molar-refractivity contribution is 6.02. The van der Waals surface area contributed by atoms with Crippen LogP contribution < -0.4 is 16.4 Å². The molecule has 0 saturated carbocycles. The van der Waals surface area contributed by atoms with E-state index in [-0.39, 0.29) is 17.2 Å². The normalized spacial score (nSPS) is 11.0. The molecule has 0 saturated heterocycles. The summed E-state index contributed by atoms with van der Waals surface area (Å²) in [6.45, 7) is -1.46. The van der Waals surface area contributed by atoms with Crippen molar-refractivity contribution >= 4 is 17.7 Å². The number of aromatic nitrogens is 2. The van der Waals surface area contributed by atoms with Gasteiger partial charge in [-0.2, -0.15) is 18.3 Å². The third-order valence-corrected chi connectivity index (χ3v) is 1.62. The van der Waals surface area contributed by atoms with E-state index in [1.54, 1.807) is 5.32 Å². The molecule has 94 valence electrons. The number of H-pyrrole nitrogens is 1. The van der Waals surface area contributed by atoms with E-state index in [0.29, 0.717) is 0 Å². The largest absolute Gasteiger partial charge is 0.405 e. The zero-order chi connectivity index (χ0) is 13.1. The van der Waals surface area contributed by atoms with Crippen LogP contribution in [0.25, 0.3) is 0 Å². The molecule has 0 aliphatic carbocycles. The third kappa shape index (κ3) is 4.01. The van der Waals surface area contributed by atoms with E-state index >= 15 is 0 Å². The molecule has 7 nitrogen and oxygen atoms in total. The number of carbonyl (C=O) groups excluding carboxylic acids is 1. The van der Waals surface area contributed by atoms with Crippen LogP contribution in [0.1, 0.15) is 5.56 Å². The Labute approximate surface area is 93.1 Å². The second kappa shape index (κ2) is 4.72. The zero-order valence-corrected chi connectivity index (χ0v) is 8.35. The number of carbonyl (C=O) groups is 1. The summed E-state index contributed by atoms with van der Waals surface area (Å²) in [5, 5.41) is 16.5. The Morgan fingerprint density at radius 3 is 2.76 bits per heavy atom. The number of amides is 2. The Hall–Kier alpha value is -2.26. The minimum atomic E-state index is -4.49. The molecule has 10 heteroatoms. The molecular weight excluding hydrogens is 241 g/mol. The molecule has 0 aliphatic rings. The number of nitrogens with one attached hydrogen (secondary N) is 4. The maximum absolute atomic E-state index is 11.8. The Morgan fingerprint density at radius 1 is 1.59 bits per heavy atom. The van der Waals surface area contributed by atoms with Crippen molar-refractivity contribution in [3.63, 3.8) is 0 Å². The average Bonchev–Trinajstić information content (AvgIpc) is 2.62. The lowest BCUT2D eigenvalue weighted by molar-refractivity contribution is -0.122. The van der Waals surface area contributed by atoms with Gasteiger partial charge < -0.3 is 11.1 Å². The number of aromatic amines is 1. The van der Waals surface area contributed by atoms with Gasteiger partial charge in [-0.25, -0.2) is 4.79 Å². The second-order valence-corrected chi connectivity index (χ2v) is 3.00. The predicted octanol–water partition coefficient (Wildman–Crippen LogP) is 0.378. The number of urea groups is 1. The van der Waals surface area contributed by atoms with Gasteiger partial charge >= 0.3 is 12.2 Å². The van der Waals surface area contributed by atoms with E-state index in [2.05, 4.69) is 15.5 Å². The molecule has 0 aromatic carbocycles. The number of hydrogen-bond acceptors (Lipinski definition) is 3. The first-order chi connectivity index (χ1) is 7.79. The average molecular weight is 250 g/mol. The van der Waals surface area contributed by atoms with Crippen LogP contribution in [0.15, 0.2) is 6.20 Å². The van der Waals surface area contributed by atoms with Gasteiger partial charge in [0, 0.05) is 0 Å². The zero-order valence-electron chi connectivity index (χ0n) is 8.35. The van der Waals surface area contributed by atoms with Crippen molar-refractivity contribution in [1.29, 1.82) is 5.41 Å². The maximum atomic E-state index is 11.8. The van der Waals surface area contributed by atoms with Crippen LogP contribution >= 0.6 is 0 Å². The van der Waals surface area contributed by atoms with Gasteiger partial charge in [0.25, 0.3) is 0 Å². The van der Waals surface area contributed by atoms with E-state index in [1.165, 1.54) is 6.20 Å². The number of nitrogens with zero attached hydrogens (tertiary/aromatic N) is 1. The minimum Gasteiger partial charge on any atom is -0.384 e. The lowest BCUT2D eigenvalue weighted by atomic mass is 10.3. The third-order valence-electron chi connectivity index (χ3n) is 1.62. The number of alkyl halides is 3. The van der Waals surface area contributed by atoms with Crippen LogP contribution in [0, 0.1) is 5.41 Å². The molecule has 17 heavy (non-hydrogen) atoms. The fourth-order valence-corrected chi connectivity index (χ4v) is 0.924. The Bertz CT molecular complexity index is 425. The molecule has 0 atom stereocenters. The number of nitrogen functional groups attached to an aromatic ring is 1. The molecule has 0 fully saturated rings. The molecule has 1 aromatic heterocycles. The molecule has 0 radical (unpaired) electrons. The van der Waals surface area contributed by atoms with Gasteiger partial charge in [-0.3, -0.25) is 15.8 Å². The first kappa shape index (κ1) is 12.8. The van der Waals surface area contributed by atoms with Crippen molar-refractivity contribution in [2.45, 2.75) is 6.18 Å². The summed E-state index contributed by atoms with van der Waals surface area (Å²) >= 11 is 0. The second-order valence-electron chi connectivity index (χ2n) is 3.00. The van der Waals surface area contributed by atoms with Gasteiger partial charge in [0.05, 0.1) is 11.8 Å². The van der Waals surface area contributed by atoms with E-state index in [0.717, 1.165) is 0 Å². The number of hydrogen-bond donors (Lipinski definition) is 5. The molecule has 0 unspecified atom stereocenters. The molecule has 1 aromatic rings. The van der Waals surface area contributed by atoms with Crippen molar-refractivity contribution in [1.82, 2.24) is 15.5 Å². The summed E-state index contributed by atoms with van der Waals surface area (Å²) in [5.41, 5.74) is 5.24. The Morgan fingerprint density at radius 2 is 2.24 bits per heavy atom. The van der Waals surface area contributed by atoms with Crippen molar-refractivity contribution in [2.75, 3.05) is 11.9 Å². The topological polar surface area (TPSA) is 120 Å². The number of amidine groups is 1. The number of nitrogens with two attached hydrogens (primary N) is 1. The van der Waals surface area contributed by atoms with E-state index in [1.807, 2.05) is 0 Å². The molecular formula is C7H9F3N6O. The van der Waals surface area contributed by atoms with Crippen LogP contribution in [-0.4, -0.2) is 34.8 Å². The lowest BCUT2D eigenvalue weighted by Crippen LogP contribution is -2.37. The van der Waals surface area contributed by atoms with Crippen molar-refractivity contribution in [3.05, 3.63) is 11.8 Å². The highest BCUT2D eigenvalue weighted by Crippen LogP contribution is 2.13. The van der Waals surface area contributed by atoms with Gasteiger partial charge in [0.15, 0.2) is 0 Å². The quantitative estimate of drug-likeness (QED) is 0.394. The highest BCUT2D eigenvalue weighted by Gasteiger charge is 2.27. The van der Waals surface area contributed by atoms with E-state index < -0.39 is 18.8 Å². The fraction of sp³-hybridized carbons (Fsp3) is 0.286. The van der Waals surface area contributed by atoms with E-state index in [9.17, 15) is 18.0 Å². The van der Waals surface area contributed by atoms with Crippen LogP contribution in [0.3, 0.4) is 0 Å². The Kier molecular flexibility index (Phi) is 3.55. The summed E-state index contributed by atoms with van der Waals surface area (Å²) in [4.78, 5) is 11.1. The van der Waals surface area contributed by atoms with Crippen LogP contribution in [-0.2, 0) is 0 Å². The van der Waals surface area contributed by atoms with Crippen molar-refractivity contribution < 1.29 is 18.0 Å². The van der Waals surface area contributed by atoms with Crippen molar-refractivity contribution in [3.8, 4) is 0 Å². The molecule has 1 heterocycles. The summed E-state index contributed by atoms with van der Waals surface area (Å²) in [6, 6.07) is -1.07. The van der Waals surface area contributed by atoms with Gasteiger partial charge in [0.2, 0.25) is 0 Å².